The lowest BCUT2D eigenvalue weighted by Gasteiger charge is -2.36. The van der Waals surface area contributed by atoms with Crippen molar-refractivity contribution in [2.75, 3.05) is 5.75 Å². The van der Waals surface area contributed by atoms with Gasteiger partial charge in [0.2, 0.25) is 5.82 Å². The van der Waals surface area contributed by atoms with Gasteiger partial charge in [0.1, 0.15) is 10.6 Å². The van der Waals surface area contributed by atoms with E-state index in [2.05, 4.69) is 15.5 Å². The van der Waals surface area contributed by atoms with E-state index in [1.807, 2.05) is 61.5 Å². The number of nitrogens with zero attached hydrogens (tertiary/aromatic N) is 2. The second kappa shape index (κ2) is 15.1. The van der Waals surface area contributed by atoms with E-state index in [-0.39, 0.29) is 25.4 Å². The Hall–Kier alpha value is -4.21. The van der Waals surface area contributed by atoms with Crippen molar-refractivity contribution in [1.29, 1.82) is 0 Å². The molecule has 0 spiro atoms. The molecular weight excluding hydrogens is 686 g/mol. The second-order valence-electron chi connectivity index (χ2n) is 11.2. The molecule has 0 aliphatic carbocycles. The minimum absolute atomic E-state index is 0.0657. The Morgan fingerprint density at radius 2 is 1.53 bits per heavy atom. The first-order valence-corrected chi connectivity index (χ1v) is 16.8. The van der Waals surface area contributed by atoms with Gasteiger partial charge in [0.15, 0.2) is 33.9 Å². The summed E-state index contributed by atoms with van der Waals surface area (Å²) in [6.45, 7) is 1.59. The van der Waals surface area contributed by atoms with E-state index < -0.39 is 46.8 Å². The molecule has 0 radical (unpaired) electrons. The number of rotatable bonds is 10. The molecule has 1 aliphatic heterocycles. The van der Waals surface area contributed by atoms with Gasteiger partial charge in [-0.25, -0.2) is 22.0 Å². The number of ether oxygens (including phenoxy) is 2. The lowest BCUT2D eigenvalue weighted by atomic mass is 9.99. The normalized spacial score (nSPS) is 17.7. The summed E-state index contributed by atoms with van der Waals surface area (Å²) in [5.74, 6) is -12.0. The molecule has 1 aliphatic rings. The van der Waals surface area contributed by atoms with E-state index >= 15 is 0 Å². The van der Waals surface area contributed by atoms with Crippen LogP contribution in [0.25, 0.3) is 11.1 Å². The van der Waals surface area contributed by atoms with Gasteiger partial charge in [0.05, 0.1) is 18.8 Å². The van der Waals surface area contributed by atoms with Gasteiger partial charge in [-0.3, -0.25) is 4.79 Å². The van der Waals surface area contributed by atoms with Crippen LogP contribution in [-0.4, -0.2) is 33.1 Å². The zero-order valence-electron chi connectivity index (χ0n) is 25.8. The van der Waals surface area contributed by atoms with E-state index in [9.17, 15) is 31.9 Å². The van der Waals surface area contributed by atoms with E-state index in [4.69, 9.17) is 9.47 Å². The highest BCUT2D eigenvalue weighted by Gasteiger charge is 2.33. The molecule has 3 atom stereocenters. The number of nitrogens with one attached hydrogen (secondary N) is 1. The standard InChI is InChI=1S/C35H28F5N3O4S2/c1-18-42-43-35(49-18)48-17-25-14-26(21-10-8-19(16-44)9-11-21)47-34(46-25)24-7-3-6-23(13-24)22-5-2-4-20(12-22)15-41-33(45)27-28(36)30(38)32(40)31(39)29(27)37/h2-13,25-26,34,44H,14-17H2,1H3,(H,41,45)/t25-,26+,34+/m1/s1. The quantitative estimate of drug-likeness (QED) is 0.0657. The Morgan fingerprint density at radius 1 is 0.857 bits per heavy atom. The van der Waals surface area contributed by atoms with E-state index in [1.165, 1.54) is 11.3 Å². The van der Waals surface area contributed by atoms with Crippen LogP contribution in [0.5, 0.6) is 0 Å². The Labute approximate surface area is 286 Å². The summed E-state index contributed by atoms with van der Waals surface area (Å²) in [4.78, 5) is 12.5. The number of carbonyl (C=O) groups excluding carboxylic acids is 1. The zero-order valence-corrected chi connectivity index (χ0v) is 27.4. The molecule has 0 bridgehead atoms. The molecule has 1 saturated heterocycles. The molecule has 1 amide bonds. The van der Waals surface area contributed by atoms with Crippen molar-refractivity contribution in [2.45, 2.75) is 49.3 Å². The monoisotopic (exact) mass is 713 g/mol. The number of halogens is 5. The van der Waals surface area contributed by atoms with Crippen molar-refractivity contribution >= 4 is 29.0 Å². The van der Waals surface area contributed by atoms with Gasteiger partial charge in [-0.15, -0.1) is 10.2 Å². The van der Waals surface area contributed by atoms with Gasteiger partial charge in [-0.05, 0) is 46.9 Å². The highest BCUT2D eigenvalue weighted by molar-refractivity contribution is 8.01. The lowest BCUT2D eigenvalue weighted by Crippen LogP contribution is -2.31. The average Bonchev–Trinajstić information content (AvgIpc) is 3.56. The smallest absolute Gasteiger partial charge is 0.257 e. The second-order valence-corrected chi connectivity index (χ2v) is 13.7. The molecule has 4 aromatic carbocycles. The van der Waals surface area contributed by atoms with Gasteiger partial charge >= 0.3 is 0 Å². The Bertz CT molecular complexity index is 1950. The first kappa shape index (κ1) is 34.6. The molecule has 2 N–H and O–H groups in total. The summed E-state index contributed by atoms with van der Waals surface area (Å²) in [6.07, 6.45) is -0.606. The van der Waals surface area contributed by atoms with Crippen LogP contribution < -0.4 is 5.32 Å². The van der Waals surface area contributed by atoms with E-state index in [1.54, 1.807) is 30.0 Å². The maximum atomic E-state index is 14.1. The maximum absolute atomic E-state index is 14.1. The van der Waals surface area contributed by atoms with Crippen LogP contribution in [0.3, 0.4) is 0 Å². The minimum Gasteiger partial charge on any atom is -0.392 e. The zero-order chi connectivity index (χ0) is 34.7. The summed E-state index contributed by atoms with van der Waals surface area (Å²) in [6, 6.07) is 22.0. The first-order valence-electron chi connectivity index (χ1n) is 15.0. The van der Waals surface area contributed by atoms with Crippen LogP contribution in [-0.2, 0) is 22.6 Å². The van der Waals surface area contributed by atoms with Crippen LogP contribution in [0.1, 0.15) is 56.4 Å². The highest BCUT2D eigenvalue weighted by Crippen LogP contribution is 2.40. The molecule has 0 saturated carbocycles. The predicted molar refractivity (Wildman–Crippen MR) is 173 cm³/mol. The van der Waals surface area contributed by atoms with E-state index in [0.29, 0.717) is 17.7 Å². The van der Waals surface area contributed by atoms with Crippen LogP contribution in [0.4, 0.5) is 22.0 Å². The van der Waals surface area contributed by atoms with Crippen LogP contribution in [0.2, 0.25) is 0 Å². The topological polar surface area (TPSA) is 93.6 Å². The van der Waals surface area contributed by atoms with Gasteiger partial charge < -0.3 is 19.9 Å². The fraction of sp³-hybridized carbons (Fsp3) is 0.229. The molecule has 1 fully saturated rings. The third-order valence-corrected chi connectivity index (χ3v) is 9.93. The molecule has 6 rings (SSSR count). The first-order chi connectivity index (χ1) is 23.6. The Kier molecular flexibility index (Phi) is 10.7. The molecule has 14 heteroatoms. The molecule has 49 heavy (non-hydrogen) atoms. The van der Waals surface area contributed by atoms with Crippen molar-refractivity contribution in [1.82, 2.24) is 15.5 Å². The van der Waals surface area contributed by atoms with Gasteiger partial charge in [-0.2, -0.15) is 0 Å². The predicted octanol–water partition coefficient (Wildman–Crippen LogP) is 7.97. The van der Waals surface area contributed by atoms with Crippen molar-refractivity contribution in [3.63, 3.8) is 0 Å². The number of aromatic nitrogens is 2. The fourth-order valence-corrected chi connectivity index (χ4v) is 7.18. The molecule has 7 nitrogen and oxygen atoms in total. The molecule has 5 aromatic rings. The number of aliphatic hydroxyl groups excluding tert-OH is 1. The summed E-state index contributed by atoms with van der Waals surface area (Å²) in [5.41, 5.74) is 2.97. The summed E-state index contributed by atoms with van der Waals surface area (Å²) >= 11 is 3.08. The Balaban J connectivity index is 1.20. The van der Waals surface area contributed by atoms with Gasteiger partial charge in [-0.1, -0.05) is 83.8 Å². The highest BCUT2D eigenvalue weighted by atomic mass is 32.2. The molecule has 1 aromatic heterocycles. The minimum atomic E-state index is -2.34. The number of hydrogen-bond acceptors (Lipinski definition) is 8. The van der Waals surface area contributed by atoms with Gasteiger partial charge in [0.25, 0.3) is 5.91 Å². The molecule has 254 valence electrons. The number of carbonyl (C=O) groups is 1. The number of hydrogen-bond donors (Lipinski definition) is 2. The summed E-state index contributed by atoms with van der Waals surface area (Å²) < 4.78 is 82.7. The largest absolute Gasteiger partial charge is 0.392 e. The Morgan fingerprint density at radius 3 is 2.20 bits per heavy atom. The van der Waals surface area contributed by atoms with Crippen molar-refractivity contribution in [3.8, 4) is 11.1 Å². The number of amides is 1. The summed E-state index contributed by atoms with van der Waals surface area (Å²) in [5, 5.41) is 20.9. The molecule has 0 unspecified atom stereocenters. The average molecular weight is 714 g/mol. The van der Waals surface area contributed by atoms with Crippen LogP contribution >= 0.6 is 23.1 Å². The molecule has 2 heterocycles. The maximum Gasteiger partial charge on any atom is 0.257 e. The van der Waals surface area contributed by atoms with Crippen LogP contribution in [0, 0.1) is 36.0 Å². The summed E-state index contributed by atoms with van der Waals surface area (Å²) in [7, 11) is 0. The number of aliphatic hydroxyl groups is 1. The fourth-order valence-electron chi connectivity index (χ4n) is 5.32. The number of aryl methyl sites for hydroxylation is 1. The SMILES string of the molecule is Cc1nnc(SC[C@H]2C[C@@H](c3ccc(CO)cc3)O[C@@H](c3cccc(-c4cccc(CNC(=O)c5c(F)c(F)c(F)c(F)c5F)c4)c3)O2)s1. The number of thioether (sulfide) groups is 1. The van der Waals surface area contributed by atoms with Crippen molar-refractivity contribution < 1.29 is 41.3 Å². The molecular formula is C35H28F5N3O4S2. The van der Waals surface area contributed by atoms with Gasteiger partial charge in [0, 0.05) is 24.3 Å². The van der Waals surface area contributed by atoms with Crippen molar-refractivity contribution in [3.05, 3.63) is 135 Å². The number of benzene rings is 4. The van der Waals surface area contributed by atoms with E-state index in [0.717, 1.165) is 37.2 Å². The van der Waals surface area contributed by atoms with Crippen molar-refractivity contribution in [2.24, 2.45) is 0 Å². The third-order valence-electron chi connectivity index (χ3n) is 7.82. The van der Waals surface area contributed by atoms with Crippen LogP contribution in [0.15, 0.2) is 77.1 Å². The third kappa shape index (κ3) is 7.84. The lowest BCUT2D eigenvalue weighted by molar-refractivity contribution is -0.245.